The fraction of sp³-hybridized carbons (Fsp3) is 0.500. The lowest BCUT2D eigenvalue weighted by Crippen LogP contribution is -2.34. The second kappa shape index (κ2) is 4.53. The summed E-state index contributed by atoms with van der Waals surface area (Å²) in [5, 5.41) is 9.77. The van der Waals surface area contributed by atoms with Crippen molar-refractivity contribution < 1.29 is 0 Å². The van der Waals surface area contributed by atoms with E-state index < -0.39 is 0 Å². The number of hydrogen-bond donors (Lipinski definition) is 2. The Bertz CT molecular complexity index is 295. The lowest BCUT2D eigenvalue weighted by molar-refractivity contribution is 0.689. The van der Waals surface area contributed by atoms with Crippen LogP contribution in [0.1, 0.15) is 23.7 Å². The van der Waals surface area contributed by atoms with Crippen molar-refractivity contribution in [3.05, 3.63) is 16.1 Å². The number of thiazole rings is 1. The van der Waals surface area contributed by atoms with Crippen molar-refractivity contribution in [3.8, 4) is 0 Å². The number of thiocarbonyl (C=S) groups is 1. The number of hydrogen-bond acceptors (Lipinski definition) is 3. The molecule has 1 heterocycles. The molecule has 0 aliphatic heterocycles. The molecule has 3 nitrogen and oxygen atoms in total. The van der Waals surface area contributed by atoms with Crippen LogP contribution in [0.3, 0.4) is 0 Å². The molecule has 0 amide bonds. The third-order valence-electron chi connectivity index (χ3n) is 1.66. The first-order valence-electron chi connectivity index (χ1n) is 4.03. The Morgan fingerprint density at radius 2 is 2.38 bits per heavy atom. The van der Waals surface area contributed by atoms with Crippen molar-refractivity contribution in [3.63, 3.8) is 0 Å². The lowest BCUT2D eigenvalue weighted by atomic mass is 10.3. The first kappa shape index (κ1) is 10.4. The van der Waals surface area contributed by atoms with Gasteiger partial charge >= 0.3 is 0 Å². The van der Waals surface area contributed by atoms with Gasteiger partial charge in [0, 0.05) is 12.4 Å². The predicted molar refractivity (Wildman–Crippen MR) is 60.1 cm³/mol. The molecule has 1 aromatic heterocycles. The van der Waals surface area contributed by atoms with Crippen molar-refractivity contribution >= 4 is 28.7 Å². The Morgan fingerprint density at radius 3 is 2.85 bits per heavy atom. The summed E-state index contributed by atoms with van der Waals surface area (Å²) in [6.07, 6.45) is 0. The summed E-state index contributed by atoms with van der Waals surface area (Å²) in [6, 6.07) is 0.171. The maximum atomic E-state index is 4.99. The third-order valence-corrected chi connectivity index (χ3v) is 2.77. The van der Waals surface area contributed by atoms with Crippen LogP contribution in [0.5, 0.6) is 0 Å². The first-order valence-corrected chi connectivity index (χ1v) is 5.32. The number of aromatic nitrogens is 1. The minimum Gasteiger partial charge on any atom is -0.366 e. The van der Waals surface area contributed by atoms with Crippen molar-refractivity contribution in [1.29, 1.82) is 0 Å². The molecular formula is C8H13N3S2. The molecule has 0 saturated carbocycles. The number of nitrogens with zero attached hydrogens (tertiary/aromatic N) is 1. The van der Waals surface area contributed by atoms with Gasteiger partial charge in [0.15, 0.2) is 5.11 Å². The highest BCUT2D eigenvalue weighted by molar-refractivity contribution is 7.80. The molecule has 5 heteroatoms. The average molecular weight is 215 g/mol. The molecule has 72 valence electrons. The molecule has 1 aromatic rings. The van der Waals surface area contributed by atoms with Gasteiger partial charge in [-0.2, -0.15) is 0 Å². The number of nitrogens with one attached hydrogen (secondary N) is 2. The highest BCUT2D eigenvalue weighted by atomic mass is 32.1. The monoisotopic (exact) mass is 215 g/mol. The Kier molecular flexibility index (Phi) is 3.62. The SMILES string of the molecule is CNC(=S)NC(C)c1csc(C)n1. The molecule has 0 radical (unpaired) electrons. The molecule has 0 spiro atoms. The van der Waals surface area contributed by atoms with Gasteiger partial charge in [0.25, 0.3) is 0 Å². The summed E-state index contributed by atoms with van der Waals surface area (Å²) in [5.74, 6) is 0. The van der Waals surface area contributed by atoms with Gasteiger partial charge < -0.3 is 10.6 Å². The maximum Gasteiger partial charge on any atom is 0.166 e. The van der Waals surface area contributed by atoms with Gasteiger partial charge in [-0.15, -0.1) is 11.3 Å². The Labute approximate surface area is 87.6 Å². The molecule has 1 unspecified atom stereocenters. The van der Waals surface area contributed by atoms with Gasteiger partial charge in [0.1, 0.15) is 0 Å². The summed E-state index contributed by atoms with van der Waals surface area (Å²) in [6.45, 7) is 4.04. The molecule has 0 fully saturated rings. The minimum atomic E-state index is 0.171. The van der Waals surface area contributed by atoms with Gasteiger partial charge in [-0.05, 0) is 26.1 Å². The van der Waals surface area contributed by atoms with Crippen molar-refractivity contribution in [2.45, 2.75) is 19.9 Å². The van der Waals surface area contributed by atoms with E-state index in [1.54, 1.807) is 18.4 Å². The molecule has 13 heavy (non-hydrogen) atoms. The minimum absolute atomic E-state index is 0.171. The fourth-order valence-electron chi connectivity index (χ4n) is 0.922. The van der Waals surface area contributed by atoms with Gasteiger partial charge in [0.05, 0.1) is 16.7 Å². The predicted octanol–water partition coefficient (Wildman–Crippen LogP) is 1.61. The van der Waals surface area contributed by atoms with Crippen LogP contribution < -0.4 is 10.6 Å². The van der Waals surface area contributed by atoms with E-state index in [2.05, 4.69) is 15.6 Å². The van der Waals surface area contributed by atoms with E-state index in [1.807, 2.05) is 19.2 Å². The van der Waals surface area contributed by atoms with E-state index >= 15 is 0 Å². The van der Waals surface area contributed by atoms with Crippen LogP contribution in [-0.4, -0.2) is 17.1 Å². The van der Waals surface area contributed by atoms with Gasteiger partial charge in [-0.3, -0.25) is 0 Å². The first-order chi connectivity index (χ1) is 6.13. The number of rotatable bonds is 2. The van der Waals surface area contributed by atoms with Crippen LogP contribution in [0.15, 0.2) is 5.38 Å². The summed E-state index contributed by atoms with van der Waals surface area (Å²) in [5.41, 5.74) is 1.04. The van der Waals surface area contributed by atoms with E-state index in [-0.39, 0.29) is 6.04 Å². The molecule has 2 N–H and O–H groups in total. The highest BCUT2D eigenvalue weighted by Crippen LogP contribution is 2.15. The molecule has 0 aliphatic rings. The van der Waals surface area contributed by atoms with Crippen LogP contribution in [0.2, 0.25) is 0 Å². The van der Waals surface area contributed by atoms with E-state index in [1.165, 1.54) is 0 Å². The van der Waals surface area contributed by atoms with Gasteiger partial charge in [0.2, 0.25) is 0 Å². The molecular weight excluding hydrogens is 202 g/mol. The van der Waals surface area contributed by atoms with Crippen LogP contribution >= 0.6 is 23.6 Å². The van der Waals surface area contributed by atoms with Crippen LogP contribution in [0.4, 0.5) is 0 Å². The largest absolute Gasteiger partial charge is 0.366 e. The second-order valence-corrected chi connectivity index (χ2v) is 4.21. The third kappa shape index (κ3) is 2.93. The van der Waals surface area contributed by atoms with Gasteiger partial charge in [-0.1, -0.05) is 0 Å². The molecule has 0 aliphatic carbocycles. The summed E-state index contributed by atoms with van der Waals surface area (Å²) in [7, 11) is 1.80. The summed E-state index contributed by atoms with van der Waals surface area (Å²) < 4.78 is 0. The molecule has 0 aromatic carbocycles. The van der Waals surface area contributed by atoms with Crippen LogP contribution in [0.25, 0.3) is 0 Å². The standard InChI is InChI=1S/C8H13N3S2/c1-5(10-8(12)9-3)7-4-13-6(2)11-7/h4-5H,1-3H3,(H2,9,10,12). The molecule has 0 bridgehead atoms. The zero-order valence-electron chi connectivity index (χ0n) is 7.92. The zero-order valence-corrected chi connectivity index (χ0v) is 9.55. The Balaban J connectivity index is 2.58. The van der Waals surface area contributed by atoms with Crippen molar-refractivity contribution in [2.75, 3.05) is 7.05 Å². The normalized spacial score (nSPS) is 12.2. The van der Waals surface area contributed by atoms with Crippen molar-refractivity contribution in [2.24, 2.45) is 0 Å². The van der Waals surface area contributed by atoms with Crippen LogP contribution in [0, 0.1) is 6.92 Å². The molecule has 1 rings (SSSR count). The fourth-order valence-corrected chi connectivity index (χ4v) is 1.80. The lowest BCUT2D eigenvalue weighted by Gasteiger charge is -2.12. The average Bonchev–Trinajstić information content (AvgIpc) is 2.51. The summed E-state index contributed by atoms with van der Waals surface area (Å²) in [4.78, 5) is 4.37. The summed E-state index contributed by atoms with van der Waals surface area (Å²) >= 11 is 6.64. The Hall–Kier alpha value is -0.680. The second-order valence-electron chi connectivity index (χ2n) is 2.74. The van der Waals surface area contributed by atoms with E-state index in [4.69, 9.17) is 12.2 Å². The van der Waals surface area contributed by atoms with Gasteiger partial charge in [-0.25, -0.2) is 4.98 Å². The molecule has 0 saturated heterocycles. The maximum absolute atomic E-state index is 4.99. The van der Waals surface area contributed by atoms with E-state index in [9.17, 15) is 0 Å². The zero-order chi connectivity index (χ0) is 9.84. The highest BCUT2D eigenvalue weighted by Gasteiger charge is 2.08. The smallest absolute Gasteiger partial charge is 0.166 e. The number of aryl methyl sites for hydroxylation is 1. The topological polar surface area (TPSA) is 37.0 Å². The van der Waals surface area contributed by atoms with Crippen molar-refractivity contribution in [1.82, 2.24) is 15.6 Å². The quantitative estimate of drug-likeness (QED) is 0.735. The van der Waals surface area contributed by atoms with E-state index in [0.29, 0.717) is 5.11 Å². The Morgan fingerprint density at radius 1 is 1.69 bits per heavy atom. The molecule has 1 atom stereocenters. The van der Waals surface area contributed by atoms with E-state index in [0.717, 1.165) is 10.7 Å². The van der Waals surface area contributed by atoms with Crippen LogP contribution in [-0.2, 0) is 0 Å².